The van der Waals surface area contributed by atoms with Crippen LogP contribution in [0.25, 0.3) is 5.69 Å². The number of Topliss-reactive ketones (excluding diaryl/α,β-unsaturated/α-hetero) is 1. The number of ketones is 1. The fourth-order valence-corrected chi connectivity index (χ4v) is 3.74. The van der Waals surface area contributed by atoms with Crippen molar-refractivity contribution in [3.8, 4) is 5.69 Å². The lowest BCUT2D eigenvalue weighted by Crippen LogP contribution is -2.07. The van der Waals surface area contributed by atoms with Crippen molar-refractivity contribution in [3.63, 3.8) is 0 Å². The topological polar surface area (TPSA) is 47.8 Å². The van der Waals surface area contributed by atoms with E-state index in [1.54, 1.807) is 0 Å². The Morgan fingerprint density at radius 1 is 1.00 bits per heavy atom. The molecule has 4 nitrogen and oxygen atoms in total. The van der Waals surface area contributed by atoms with Crippen LogP contribution in [0.1, 0.15) is 32.9 Å². The van der Waals surface area contributed by atoms with E-state index in [0.717, 1.165) is 38.9 Å². The highest BCUT2D eigenvalue weighted by molar-refractivity contribution is 7.99. The summed E-state index contributed by atoms with van der Waals surface area (Å²) in [5, 5.41) is 9.19. The molecule has 0 atom stereocenters. The van der Waals surface area contributed by atoms with Gasteiger partial charge in [0, 0.05) is 5.56 Å². The van der Waals surface area contributed by atoms with Gasteiger partial charge in [0.25, 0.3) is 0 Å². The molecule has 0 aliphatic carbocycles. The summed E-state index contributed by atoms with van der Waals surface area (Å²) < 4.78 is 2.01. The number of nitrogens with zero attached hydrogens (tertiary/aromatic N) is 3. The molecule has 0 N–H and O–H groups in total. The highest BCUT2D eigenvalue weighted by Crippen LogP contribution is 2.25. The quantitative estimate of drug-likeness (QED) is 0.502. The Labute approximate surface area is 152 Å². The van der Waals surface area contributed by atoms with E-state index < -0.39 is 0 Å². The third-order valence-corrected chi connectivity index (χ3v) is 5.10. The van der Waals surface area contributed by atoms with Crippen molar-refractivity contribution in [2.75, 3.05) is 5.75 Å². The van der Waals surface area contributed by atoms with Crippen molar-refractivity contribution >= 4 is 17.5 Å². The van der Waals surface area contributed by atoms with Gasteiger partial charge >= 0.3 is 0 Å². The minimum atomic E-state index is 0.111. The van der Waals surface area contributed by atoms with Crippen LogP contribution in [0.5, 0.6) is 0 Å². The zero-order valence-corrected chi connectivity index (χ0v) is 15.7. The molecule has 128 valence electrons. The molecule has 3 aromatic rings. The Hall–Kier alpha value is -2.40. The first-order valence-electron chi connectivity index (χ1n) is 8.18. The minimum Gasteiger partial charge on any atom is -0.293 e. The van der Waals surface area contributed by atoms with E-state index in [2.05, 4.69) is 23.2 Å². The number of carbonyl (C=O) groups excluding carboxylic acids is 1. The summed E-state index contributed by atoms with van der Waals surface area (Å²) in [6.45, 7) is 7.99. The van der Waals surface area contributed by atoms with Crippen LogP contribution >= 0.6 is 11.8 Å². The van der Waals surface area contributed by atoms with Gasteiger partial charge in [0.05, 0.1) is 11.4 Å². The smallest absolute Gasteiger partial charge is 0.196 e. The van der Waals surface area contributed by atoms with Gasteiger partial charge in [-0.2, -0.15) is 0 Å². The summed E-state index contributed by atoms with van der Waals surface area (Å²) in [4.78, 5) is 12.6. The summed E-state index contributed by atoms with van der Waals surface area (Å²) >= 11 is 1.43. The molecule has 3 rings (SSSR count). The van der Waals surface area contributed by atoms with Crippen molar-refractivity contribution in [2.24, 2.45) is 0 Å². The van der Waals surface area contributed by atoms with Crippen LogP contribution in [0.4, 0.5) is 0 Å². The zero-order valence-electron chi connectivity index (χ0n) is 14.9. The van der Waals surface area contributed by atoms with Gasteiger partial charge in [0.2, 0.25) is 0 Å². The van der Waals surface area contributed by atoms with E-state index in [1.165, 1.54) is 11.8 Å². The average Bonchev–Trinajstić information content (AvgIpc) is 2.94. The third kappa shape index (κ3) is 3.66. The van der Waals surface area contributed by atoms with Crippen molar-refractivity contribution in [1.29, 1.82) is 0 Å². The van der Waals surface area contributed by atoms with Gasteiger partial charge in [-0.1, -0.05) is 53.7 Å². The van der Waals surface area contributed by atoms with E-state index in [1.807, 2.05) is 61.7 Å². The lowest BCUT2D eigenvalue weighted by atomic mass is 10.0. The van der Waals surface area contributed by atoms with Crippen LogP contribution in [0.15, 0.2) is 47.6 Å². The molecule has 0 bridgehead atoms. The average molecular weight is 351 g/mol. The largest absolute Gasteiger partial charge is 0.293 e. The van der Waals surface area contributed by atoms with Crippen molar-refractivity contribution in [3.05, 3.63) is 70.5 Å². The van der Waals surface area contributed by atoms with Crippen molar-refractivity contribution in [2.45, 2.75) is 32.9 Å². The molecule has 0 spiro atoms. The number of hydrogen-bond donors (Lipinski definition) is 0. The number of aromatic nitrogens is 3. The fraction of sp³-hybridized carbons (Fsp3) is 0.250. The first kappa shape index (κ1) is 17.4. The van der Waals surface area contributed by atoms with E-state index in [9.17, 15) is 4.79 Å². The summed E-state index contributed by atoms with van der Waals surface area (Å²) in [6.07, 6.45) is 0. The molecule has 0 saturated carbocycles. The predicted molar refractivity (Wildman–Crippen MR) is 102 cm³/mol. The maximum absolute atomic E-state index is 12.6. The number of rotatable bonds is 5. The standard InChI is InChI=1S/C20H21N3OS/c1-13-9-10-17(15(3)11-13)19(24)12-25-20-22-21-16(4)23(20)18-8-6-5-7-14(18)2/h5-11H,12H2,1-4H3. The Morgan fingerprint density at radius 2 is 1.76 bits per heavy atom. The normalized spacial score (nSPS) is 10.9. The van der Waals surface area contributed by atoms with Crippen LogP contribution in [-0.4, -0.2) is 26.3 Å². The molecule has 0 fully saturated rings. The molecule has 0 amide bonds. The molecular weight excluding hydrogens is 330 g/mol. The Balaban J connectivity index is 1.83. The van der Waals surface area contributed by atoms with Crippen molar-refractivity contribution in [1.82, 2.24) is 14.8 Å². The molecule has 0 unspecified atom stereocenters. The highest BCUT2D eigenvalue weighted by atomic mass is 32.2. The fourth-order valence-electron chi connectivity index (χ4n) is 2.86. The molecule has 0 aliphatic rings. The molecule has 2 aromatic carbocycles. The maximum Gasteiger partial charge on any atom is 0.196 e. The lowest BCUT2D eigenvalue weighted by Gasteiger charge is -2.11. The van der Waals surface area contributed by atoms with Crippen LogP contribution in [0.3, 0.4) is 0 Å². The number of thioether (sulfide) groups is 1. The molecule has 1 aromatic heterocycles. The molecule has 25 heavy (non-hydrogen) atoms. The second-order valence-corrected chi connectivity index (χ2v) is 7.12. The monoisotopic (exact) mass is 351 g/mol. The van der Waals surface area contributed by atoms with Crippen LogP contribution in [-0.2, 0) is 0 Å². The lowest BCUT2D eigenvalue weighted by molar-refractivity contribution is 0.102. The van der Waals surface area contributed by atoms with Gasteiger partial charge in [-0.15, -0.1) is 10.2 Å². The Morgan fingerprint density at radius 3 is 2.48 bits per heavy atom. The number of aryl methyl sites for hydroxylation is 4. The second-order valence-electron chi connectivity index (χ2n) is 6.18. The summed E-state index contributed by atoms with van der Waals surface area (Å²) in [5.74, 6) is 1.27. The molecule has 0 radical (unpaired) electrons. The van der Waals surface area contributed by atoms with Gasteiger partial charge in [-0.3, -0.25) is 9.36 Å². The molecular formula is C20H21N3OS. The number of benzene rings is 2. The second kappa shape index (κ2) is 7.23. The van der Waals surface area contributed by atoms with Crippen LogP contribution < -0.4 is 0 Å². The Bertz CT molecular complexity index is 930. The summed E-state index contributed by atoms with van der Waals surface area (Å²) in [7, 11) is 0. The van der Waals surface area contributed by atoms with E-state index in [0.29, 0.717) is 5.75 Å². The van der Waals surface area contributed by atoms with Crippen molar-refractivity contribution < 1.29 is 4.79 Å². The van der Waals surface area contributed by atoms with Gasteiger partial charge < -0.3 is 0 Å². The maximum atomic E-state index is 12.6. The molecule has 0 aliphatic heterocycles. The van der Waals surface area contributed by atoms with E-state index in [4.69, 9.17) is 0 Å². The molecule has 0 saturated heterocycles. The van der Waals surface area contributed by atoms with Gasteiger partial charge in [-0.25, -0.2) is 0 Å². The van der Waals surface area contributed by atoms with Gasteiger partial charge in [-0.05, 0) is 44.9 Å². The van der Waals surface area contributed by atoms with Crippen LogP contribution in [0, 0.1) is 27.7 Å². The summed E-state index contributed by atoms with van der Waals surface area (Å²) in [5.41, 5.74) is 5.15. The molecule has 1 heterocycles. The summed E-state index contributed by atoms with van der Waals surface area (Å²) in [6, 6.07) is 14.0. The Kier molecular flexibility index (Phi) is 5.04. The van der Waals surface area contributed by atoms with Crippen LogP contribution in [0.2, 0.25) is 0 Å². The van der Waals surface area contributed by atoms with E-state index in [-0.39, 0.29) is 5.78 Å². The zero-order chi connectivity index (χ0) is 18.0. The number of carbonyl (C=O) groups is 1. The number of hydrogen-bond acceptors (Lipinski definition) is 4. The number of para-hydroxylation sites is 1. The first-order valence-corrected chi connectivity index (χ1v) is 9.17. The highest BCUT2D eigenvalue weighted by Gasteiger charge is 2.16. The predicted octanol–water partition coefficient (Wildman–Crippen LogP) is 4.48. The van der Waals surface area contributed by atoms with Gasteiger partial charge in [0.15, 0.2) is 10.9 Å². The van der Waals surface area contributed by atoms with E-state index >= 15 is 0 Å². The SMILES string of the molecule is Cc1ccc(C(=O)CSc2nnc(C)n2-c2ccccc2C)c(C)c1. The third-order valence-electron chi connectivity index (χ3n) is 4.17. The minimum absolute atomic E-state index is 0.111. The first-order chi connectivity index (χ1) is 12.0. The van der Waals surface area contributed by atoms with Gasteiger partial charge in [0.1, 0.15) is 5.82 Å². The molecule has 5 heteroatoms.